The second-order valence-corrected chi connectivity index (χ2v) is 10.2. The summed E-state index contributed by atoms with van der Waals surface area (Å²) in [5.74, 6) is -0.385. The summed E-state index contributed by atoms with van der Waals surface area (Å²) >= 11 is 0. The molecular formula is C31H32N4O4. The van der Waals surface area contributed by atoms with Gasteiger partial charge in [-0.25, -0.2) is 0 Å². The van der Waals surface area contributed by atoms with Gasteiger partial charge in [-0.2, -0.15) is 0 Å². The molecule has 8 nitrogen and oxygen atoms in total. The average molecular weight is 525 g/mol. The fraction of sp³-hybridized carbons (Fsp3) is 0.258. The van der Waals surface area contributed by atoms with E-state index < -0.39 is 23.9 Å². The molecule has 0 spiro atoms. The number of fused-ring (bicyclic) bond motifs is 2. The predicted octanol–water partition coefficient (Wildman–Crippen LogP) is 4.91. The highest BCUT2D eigenvalue weighted by Gasteiger charge is 2.45. The molecule has 1 aliphatic rings. The van der Waals surface area contributed by atoms with Crippen molar-refractivity contribution in [1.82, 2.24) is 20.7 Å². The molecule has 2 atom stereocenters. The molecule has 5 rings (SSSR count). The number of hydrogen-bond donors (Lipinski definition) is 3. The maximum absolute atomic E-state index is 13.9. The van der Waals surface area contributed by atoms with Crippen LogP contribution >= 0.6 is 0 Å². The van der Waals surface area contributed by atoms with Gasteiger partial charge in [0.2, 0.25) is 0 Å². The molecule has 3 N–H and O–H groups in total. The van der Waals surface area contributed by atoms with Crippen molar-refractivity contribution in [2.45, 2.75) is 39.3 Å². The Morgan fingerprint density at radius 1 is 0.974 bits per heavy atom. The number of nitrogens with zero attached hydrogens (tertiary/aromatic N) is 1. The Morgan fingerprint density at radius 2 is 1.67 bits per heavy atom. The Hall–Kier alpha value is -4.59. The van der Waals surface area contributed by atoms with E-state index in [4.69, 9.17) is 4.74 Å². The molecule has 0 saturated carbocycles. The number of aromatic nitrogens is 1. The molecule has 4 aromatic rings. The van der Waals surface area contributed by atoms with Gasteiger partial charge >= 0.3 is 0 Å². The van der Waals surface area contributed by atoms with Crippen molar-refractivity contribution >= 4 is 28.6 Å². The van der Waals surface area contributed by atoms with Crippen molar-refractivity contribution in [3.63, 3.8) is 0 Å². The number of aryl methyl sites for hydroxylation is 1. The van der Waals surface area contributed by atoms with E-state index in [0.29, 0.717) is 23.3 Å². The molecule has 8 heteroatoms. The molecule has 0 aliphatic carbocycles. The van der Waals surface area contributed by atoms with Crippen LogP contribution < -0.4 is 15.6 Å². The van der Waals surface area contributed by atoms with Crippen LogP contribution in [0.1, 0.15) is 63.8 Å². The first-order valence-electron chi connectivity index (χ1n) is 13.0. The van der Waals surface area contributed by atoms with Crippen LogP contribution in [0, 0.1) is 12.8 Å². The van der Waals surface area contributed by atoms with E-state index >= 15 is 0 Å². The molecule has 0 fully saturated rings. The van der Waals surface area contributed by atoms with Crippen LogP contribution in [-0.2, 0) is 4.79 Å². The van der Waals surface area contributed by atoms with Crippen LogP contribution in [0.4, 0.5) is 0 Å². The zero-order valence-electron chi connectivity index (χ0n) is 22.4. The highest BCUT2D eigenvalue weighted by atomic mass is 16.5. The van der Waals surface area contributed by atoms with Gasteiger partial charge in [0.15, 0.2) is 0 Å². The topological polar surface area (TPSA) is 104 Å². The molecule has 3 amide bonds. The molecule has 0 saturated heterocycles. The lowest BCUT2D eigenvalue weighted by atomic mass is 9.93. The maximum Gasteiger partial charge on any atom is 0.269 e. The first-order chi connectivity index (χ1) is 18.8. The standard InChI is InChI=1S/C31H32N4O4/c1-18(2)17-26(30(37)34-33-29(36)20-13-15-21(39-4)16-14-20)35-28(22-9-5-6-10-23(22)31(35)38)27-19(3)32-25-12-8-7-11-24(25)27/h5-16,18,26,28,32H,17H2,1-4H3,(H,33,36)(H,34,37). The van der Waals surface area contributed by atoms with Gasteiger partial charge < -0.3 is 14.6 Å². The summed E-state index contributed by atoms with van der Waals surface area (Å²) in [5.41, 5.74) is 9.78. The third-order valence-corrected chi connectivity index (χ3v) is 7.20. The van der Waals surface area contributed by atoms with Crippen LogP contribution in [0.5, 0.6) is 5.75 Å². The summed E-state index contributed by atoms with van der Waals surface area (Å²) in [6, 6.07) is 20.8. The fourth-order valence-corrected chi connectivity index (χ4v) is 5.41. The number of H-pyrrole nitrogens is 1. The van der Waals surface area contributed by atoms with Gasteiger partial charge in [-0.15, -0.1) is 0 Å². The molecule has 3 aromatic carbocycles. The van der Waals surface area contributed by atoms with Gasteiger partial charge in [-0.05, 0) is 61.2 Å². The molecule has 1 aromatic heterocycles. The van der Waals surface area contributed by atoms with Gasteiger partial charge in [0.05, 0.1) is 13.2 Å². The Bertz CT molecular complexity index is 1540. The van der Waals surface area contributed by atoms with Gasteiger partial charge in [0.1, 0.15) is 11.8 Å². The molecule has 200 valence electrons. The van der Waals surface area contributed by atoms with E-state index in [0.717, 1.165) is 27.7 Å². The van der Waals surface area contributed by atoms with E-state index in [1.165, 1.54) is 0 Å². The number of aromatic amines is 1. The monoisotopic (exact) mass is 524 g/mol. The van der Waals surface area contributed by atoms with E-state index in [1.807, 2.05) is 69.3 Å². The molecule has 39 heavy (non-hydrogen) atoms. The van der Waals surface area contributed by atoms with Gasteiger partial charge in [-0.1, -0.05) is 50.2 Å². The van der Waals surface area contributed by atoms with Crippen molar-refractivity contribution in [1.29, 1.82) is 0 Å². The Balaban J connectivity index is 1.50. The minimum Gasteiger partial charge on any atom is -0.497 e. The van der Waals surface area contributed by atoms with Crippen molar-refractivity contribution in [3.8, 4) is 5.75 Å². The number of methoxy groups -OCH3 is 1. The van der Waals surface area contributed by atoms with Crippen molar-refractivity contribution in [2.24, 2.45) is 5.92 Å². The SMILES string of the molecule is COc1ccc(C(=O)NNC(=O)C(CC(C)C)N2C(=O)c3ccccc3C2c2c(C)[nH]c3ccccc23)cc1. The van der Waals surface area contributed by atoms with E-state index in [2.05, 4.69) is 15.8 Å². The maximum atomic E-state index is 13.9. The minimum atomic E-state index is -0.820. The first kappa shape index (κ1) is 26.0. The summed E-state index contributed by atoms with van der Waals surface area (Å²) in [6.07, 6.45) is 0.419. The van der Waals surface area contributed by atoms with E-state index in [1.54, 1.807) is 36.3 Å². The van der Waals surface area contributed by atoms with Crippen LogP contribution in [0.25, 0.3) is 10.9 Å². The van der Waals surface area contributed by atoms with Crippen LogP contribution in [0.2, 0.25) is 0 Å². The Morgan fingerprint density at radius 3 is 2.38 bits per heavy atom. The summed E-state index contributed by atoms with van der Waals surface area (Å²) < 4.78 is 5.14. The highest BCUT2D eigenvalue weighted by molar-refractivity contribution is 6.04. The lowest BCUT2D eigenvalue weighted by Crippen LogP contribution is -2.53. The quantitative estimate of drug-likeness (QED) is 0.299. The number of rotatable bonds is 7. The number of hydrazine groups is 1. The lowest BCUT2D eigenvalue weighted by molar-refractivity contribution is -0.127. The Labute approximate surface area is 227 Å². The largest absolute Gasteiger partial charge is 0.497 e. The number of amides is 3. The number of ether oxygens (including phenoxy) is 1. The third kappa shape index (κ3) is 4.85. The smallest absolute Gasteiger partial charge is 0.269 e. The Kier molecular flexibility index (Phi) is 7.11. The normalized spacial score (nSPS) is 15.4. The third-order valence-electron chi connectivity index (χ3n) is 7.20. The number of para-hydroxylation sites is 1. The summed E-state index contributed by atoms with van der Waals surface area (Å²) in [6.45, 7) is 6.01. The summed E-state index contributed by atoms with van der Waals surface area (Å²) in [7, 11) is 1.55. The number of nitrogens with one attached hydrogen (secondary N) is 3. The first-order valence-corrected chi connectivity index (χ1v) is 13.0. The summed E-state index contributed by atoms with van der Waals surface area (Å²) in [5, 5.41) is 1.01. The molecule has 1 aliphatic heterocycles. The zero-order valence-corrected chi connectivity index (χ0v) is 22.4. The van der Waals surface area contributed by atoms with Gasteiger partial charge in [0.25, 0.3) is 17.7 Å². The number of carbonyl (C=O) groups excluding carboxylic acids is 3. The van der Waals surface area contributed by atoms with E-state index in [9.17, 15) is 14.4 Å². The summed E-state index contributed by atoms with van der Waals surface area (Å²) in [4.78, 5) is 45.5. The molecule has 0 radical (unpaired) electrons. The number of hydrogen-bond acceptors (Lipinski definition) is 4. The van der Waals surface area contributed by atoms with E-state index in [-0.39, 0.29) is 11.8 Å². The zero-order chi connectivity index (χ0) is 27.7. The minimum absolute atomic E-state index is 0.110. The number of benzene rings is 3. The van der Waals surface area contributed by atoms with Crippen LogP contribution in [0.3, 0.4) is 0 Å². The lowest BCUT2D eigenvalue weighted by Gasteiger charge is -2.34. The van der Waals surface area contributed by atoms with Crippen molar-refractivity contribution < 1.29 is 19.1 Å². The number of carbonyl (C=O) groups is 3. The van der Waals surface area contributed by atoms with Crippen molar-refractivity contribution in [2.75, 3.05) is 7.11 Å². The predicted molar refractivity (Wildman–Crippen MR) is 149 cm³/mol. The molecule has 2 heterocycles. The van der Waals surface area contributed by atoms with Gasteiger partial charge in [-0.3, -0.25) is 25.2 Å². The second-order valence-electron chi connectivity index (χ2n) is 10.2. The second kappa shape index (κ2) is 10.6. The highest BCUT2D eigenvalue weighted by Crippen LogP contribution is 2.44. The van der Waals surface area contributed by atoms with Crippen LogP contribution in [-0.4, -0.2) is 40.8 Å². The average Bonchev–Trinajstić information content (AvgIpc) is 3.42. The van der Waals surface area contributed by atoms with Gasteiger partial charge in [0, 0.05) is 33.3 Å². The molecule has 2 unspecified atom stereocenters. The van der Waals surface area contributed by atoms with Crippen LogP contribution in [0.15, 0.2) is 72.8 Å². The molecular weight excluding hydrogens is 492 g/mol. The fourth-order valence-electron chi connectivity index (χ4n) is 5.41. The van der Waals surface area contributed by atoms with Crippen molar-refractivity contribution in [3.05, 3.63) is 101 Å². The molecule has 0 bridgehead atoms.